The Balaban J connectivity index is 1.89. The maximum absolute atomic E-state index is 12.3. The summed E-state index contributed by atoms with van der Waals surface area (Å²) in [5, 5.41) is 0. The number of fused-ring (bicyclic) bond motifs is 1. The minimum atomic E-state index is -3.39. The van der Waals surface area contributed by atoms with Gasteiger partial charge in [0.1, 0.15) is 0 Å². The van der Waals surface area contributed by atoms with E-state index in [1.807, 2.05) is 12.1 Å². The molecule has 4 nitrogen and oxygen atoms in total. The molecule has 0 saturated heterocycles. The van der Waals surface area contributed by atoms with Crippen LogP contribution in [0.1, 0.15) is 23.1 Å². The van der Waals surface area contributed by atoms with E-state index in [1.54, 1.807) is 26.2 Å². The molecule has 0 fully saturated rings. The van der Waals surface area contributed by atoms with Crippen LogP contribution in [0.25, 0.3) is 0 Å². The van der Waals surface area contributed by atoms with Crippen molar-refractivity contribution >= 4 is 15.7 Å². The summed E-state index contributed by atoms with van der Waals surface area (Å²) in [6.45, 7) is 3.85. The zero-order chi connectivity index (χ0) is 17.3. The molecule has 2 aromatic carbocycles. The quantitative estimate of drug-likeness (QED) is 0.855. The Kier molecular flexibility index (Phi) is 4.65. The second-order valence-electron chi connectivity index (χ2n) is 6.59. The van der Waals surface area contributed by atoms with Gasteiger partial charge in [-0.2, -0.15) is 0 Å². The standard InChI is InChI=1S/C19H24N2O2S/c1-15-9-10-19-17(12-15)7-5-11-21(19)14-16-6-4-8-18(13-16)24(22,23)20(2)3/h4,6,8-10,12-13H,5,7,11,14H2,1-3H3. The zero-order valence-electron chi connectivity index (χ0n) is 14.5. The molecule has 5 heteroatoms. The summed E-state index contributed by atoms with van der Waals surface area (Å²) in [5.74, 6) is 0. The summed E-state index contributed by atoms with van der Waals surface area (Å²) in [6, 6.07) is 13.9. The highest BCUT2D eigenvalue weighted by Crippen LogP contribution is 2.29. The minimum absolute atomic E-state index is 0.353. The van der Waals surface area contributed by atoms with Gasteiger partial charge in [-0.1, -0.05) is 29.8 Å². The fourth-order valence-electron chi connectivity index (χ4n) is 3.20. The molecule has 0 N–H and O–H groups in total. The number of benzene rings is 2. The Hall–Kier alpha value is -1.85. The number of aryl methyl sites for hydroxylation is 2. The van der Waals surface area contributed by atoms with Crippen molar-refractivity contribution in [3.05, 3.63) is 59.2 Å². The van der Waals surface area contributed by atoms with E-state index in [1.165, 1.54) is 21.1 Å². The molecule has 1 aliphatic heterocycles. The number of anilines is 1. The largest absolute Gasteiger partial charge is 0.367 e. The fourth-order valence-corrected chi connectivity index (χ4v) is 4.18. The summed E-state index contributed by atoms with van der Waals surface area (Å²) in [6.07, 6.45) is 2.24. The molecule has 0 aromatic heterocycles. The molecule has 1 aliphatic rings. The molecule has 0 unspecified atom stereocenters. The van der Waals surface area contributed by atoms with Gasteiger partial charge in [0.25, 0.3) is 0 Å². The summed E-state index contributed by atoms with van der Waals surface area (Å²) in [5.41, 5.74) is 4.96. The van der Waals surface area contributed by atoms with E-state index < -0.39 is 10.0 Å². The average molecular weight is 344 g/mol. The monoisotopic (exact) mass is 344 g/mol. The first-order valence-electron chi connectivity index (χ1n) is 8.24. The molecule has 0 saturated carbocycles. The smallest absolute Gasteiger partial charge is 0.242 e. The molecular weight excluding hydrogens is 320 g/mol. The highest BCUT2D eigenvalue weighted by molar-refractivity contribution is 7.89. The fraction of sp³-hybridized carbons (Fsp3) is 0.368. The van der Waals surface area contributed by atoms with Gasteiger partial charge in [0.2, 0.25) is 10.0 Å². The maximum atomic E-state index is 12.3. The molecular formula is C19H24N2O2S. The van der Waals surface area contributed by atoms with Crippen molar-refractivity contribution in [1.29, 1.82) is 0 Å². The van der Waals surface area contributed by atoms with Crippen molar-refractivity contribution in [3.8, 4) is 0 Å². The number of rotatable bonds is 4. The van der Waals surface area contributed by atoms with Crippen LogP contribution >= 0.6 is 0 Å². The van der Waals surface area contributed by atoms with E-state index in [0.717, 1.165) is 31.5 Å². The van der Waals surface area contributed by atoms with Crippen LogP contribution in [-0.2, 0) is 23.0 Å². The molecule has 2 aromatic rings. The highest BCUT2D eigenvalue weighted by Gasteiger charge is 2.20. The van der Waals surface area contributed by atoms with E-state index in [4.69, 9.17) is 0 Å². The van der Waals surface area contributed by atoms with Gasteiger partial charge in [-0.05, 0) is 49.1 Å². The van der Waals surface area contributed by atoms with E-state index in [-0.39, 0.29) is 0 Å². The molecule has 3 rings (SSSR count). The Labute approximate surface area is 144 Å². The molecule has 128 valence electrons. The number of nitrogens with zero attached hydrogens (tertiary/aromatic N) is 2. The maximum Gasteiger partial charge on any atom is 0.242 e. The van der Waals surface area contributed by atoms with Crippen LogP contribution in [0.15, 0.2) is 47.4 Å². The summed E-state index contributed by atoms with van der Waals surface area (Å²) >= 11 is 0. The second kappa shape index (κ2) is 6.57. The predicted octanol–water partition coefficient (Wildman–Crippen LogP) is 3.20. The second-order valence-corrected chi connectivity index (χ2v) is 8.74. The number of hydrogen-bond acceptors (Lipinski definition) is 3. The van der Waals surface area contributed by atoms with Gasteiger partial charge in [-0.3, -0.25) is 0 Å². The molecule has 24 heavy (non-hydrogen) atoms. The third kappa shape index (κ3) is 3.32. The lowest BCUT2D eigenvalue weighted by atomic mass is 9.99. The van der Waals surface area contributed by atoms with Gasteiger partial charge in [-0.25, -0.2) is 12.7 Å². The molecule has 0 aliphatic carbocycles. The van der Waals surface area contributed by atoms with Crippen LogP contribution in [0.2, 0.25) is 0 Å². The van der Waals surface area contributed by atoms with E-state index >= 15 is 0 Å². The van der Waals surface area contributed by atoms with Gasteiger partial charge in [0.15, 0.2) is 0 Å². The van der Waals surface area contributed by atoms with Crippen LogP contribution < -0.4 is 4.90 Å². The minimum Gasteiger partial charge on any atom is -0.367 e. The SMILES string of the molecule is Cc1ccc2c(c1)CCCN2Cc1cccc(S(=O)(=O)N(C)C)c1. The summed E-state index contributed by atoms with van der Waals surface area (Å²) < 4.78 is 25.9. The Morgan fingerprint density at radius 2 is 1.92 bits per heavy atom. The topological polar surface area (TPSA) is 40.6 Å². The van der Waals surface area contributed by atoms with Gasteiger partial charge in [-0.15, -0.1) is 0 Å². The van der Waals surface area contributed by atoms with Gasteiger partial charge >= 0.3 is 0 Å². The van der Waals surface area contributed by atoms with Crippen molar-refractivity contribution in [1.82, 2.24) is 4.31 Å². The van der Waals surface area contributed by atoms with Crippen LogP contribution in [0.5, 0.6) is 0 Å². The lowest BCUT2D eigenvalue weighted by molar-refractivity contribution is 0.520. The first-order chi connectivity index (χ1) is 11.4. The summed E-state index contributed by atoms with van der Waals surface area (Å²) in [7, 11) is -0.270. The first-order valence-corrected chi connectivity index (χ1v) is 9.68. The van der Waals surface area contributed by atoms with Gasteiger partial charge in [0, 0.05) is 32.9 Å². The molecule has 1 heterocycles. The first kappa shape index (κ1) is 17.0. The molecule has 0 atom stereocenters. The number of sulfonamides is 1. The Morgan fingerprint density at radius 1 is 1.12 bits per heavy atom. The molecule has 0 spiro atoms. The van der Waals surface area contributed by atoms with Crippen molar-refractivity contribution in [2.45, 2.75) is 31.2 Å². The van der Waals surface area contributed by atoms with Crippen molar-refractivity contribution < 1.29 is 8.42 Å². The third-order valence-corrected chi connectivity index (χ3v) is 6.31. The van der Waals surface area contributed by atoms with Crippen LogP contribution in [0.3, 0.4) is 0 Å². The average Bonchev–Trinajstić information content (AvgIpc) is 2.55. The van der Waals surface area contributed by atoms with Gasteiger partial charge in [0.05, 0.1) is 4.90 Å². The highest BCUT2D eigenvalue weighted by atomic mass is 32.2. The molecule has 0 bridgehead atoms. The van der Waals surface area contributed by atoms with Crippen molar-refractivity contribution in [2.24, 2.45) is 0 Å². The van der Waals surface area contributed by atoms with Crippen LogP contribution in [0, 0.1) is 6.92 Å². The molecule has 0 radical (unpaired) electrons. The van der Waals surface area contributed by atoms with E-state index in [0.29, 0.717) is 4.90 Å². The van der Waals surface area contributed by atoms with Crippen molar-refractivity contribution in [3.63, 3.8) is 0 Å². The van der Waals surface area contributed by atoms with Gasteiger partial charge < -0.3 is 4.90 Å². The van der Waals surface area contributed by atoms with E-state index in [9.17, 15) is 8.42 Å². The normalized spacial score (nSPS) is 14.8. The Bertz CT molecular complexity index is 844. The summed E-state index contributed by atoms with van der Waals surface area (Å²) in [4.78, 5) is 2.70. The Morgan fingerprint density at radius 3 is 2.67 bits per heavy atom. The third-order valence-electron chi connectivity index (χ3n) is 4.50. The number of hydrogen-bond donors (Lipinski definition) is 0. The van der Waals surface area contributed by atoms with Crippen LogP contribution in [0.4, 0.5) is 5.69 Å². The molecule has 0 amide bonds. The predicted molar refractivity (Wildman–Crippen MR) is 97.9 cm³/mol. The van der Waals surface area contributed by atoms with Crippen LogP contribution in [-0.4, -0.2) is 33.4 Å². The lowest BCUT2D eigenvalue weighted by Crippen LogP contribution is -2.29. The lowest BCUT2D eigenvalue weighted by Gasteiger charge is -2.31. The van der Waals surface area contributed by atoms with E-state index in [2.05, 4.69) is 30.0 Å². The van der Waals surface area contributed by atoms with Crippen molar-refractivity contribution in [2.75, 3.05) is 25.5 Å². The zero-order valence-corrected chi connectivity index (χ0v) is 15.3.